The van der Waals surface area contributed by atoms with Crippen molar-refractivity contribution in [1.29, 1.82) is 0 Å². The van der Waals surface area contributed by atoms with E-state index in [4.69, 9.17) is 20.1 Å². The molecule has 0 heterocycles. The Balaban J connectivity index is -0.0000000720. The van der Waals surface area contributed by atoms with Gasteiger partial charge in [0.05, 0.1) is 0 Å². The SMILES string of the molecule is CC(C)O.O=C([O-])O.[Na+]. The Kier molecular flexibility index (Phi) is 19.8. The summed E-state index contributed by atoms with van der Waals surface area (Å²) in [6.07, 6.45) is -2.25. The summed E-state index contributed by atoms with van der Waals surface area (Å²) in [5, 5.41) is 23.4. The van der Waals surface area contributed by atoms with Crippen molar-refractivity contribution in [2.45, 2.75) is 20.0 Å². The summed E-state index contributed by atoms with van der Waals surface area (Å²) >= 11 is 0. The third kappa shape index (κ3) is 6040. The van der Waals surface area contributed by atoms with E-state index >= 15 is 0 Å². The molecule has 0 amide bonds. The fourth-order valence-corrected chi connectivity index (χ4v) is 0. The summed E-state index contributed by atoms with van der Waals surface area (Å²) in [5.74, 6) is 0. The van der Waals surface area contributed by atoms with Gasteiger partial charge in [0.15, 0.2) is 0 Å². The van der Waals surface area contributed by atoms with Crippen LogP contribution in [0.1, 0.15) is 13.8 Å². The second kappa shape index (κ2) is 11.1. The monoisotopic (exact) mass is 144 g/mol. The maximum Gasteiger partial charge on any atom is 1.00 e. The first-order valence-corrected chi connectivity index (χ1v) is 2.04. The Morgan fingerprint density at radius 3 is 1.56 bits per heavy atom. The molecule has 5 heteroatoms. The van der Waals surface area contributed by atoms with Crippen LogP contribution < -0.4 is 34.7 Å². The maximum atomic E-state index is 8.44. The molecule has 0 bridgehead atoms. The van der Waals surface area contributed by atoms with E-state index in [1.807, 2.05) is 0 Å². The van der Waals surface area contributed by atoms with Gasteiger partial charge >= 0.3 is 29.6 Å². The van der Waals surface area contributed by atoms with Crippen LogP contribution in [0.4, 0.5) is 4.79 Å². The number of aliphatic hydroxyl groups is 1. The number of rotatable bonds is 0. The van der Waals surface area contributed by atoms with Gasteiger partial charge in [-0.1, -0.05) is 0 Å². The van der Waals surface area contributed by atoms with Gasteiger partial charge in [-0.05, 0) is 13.8 Å². The van der Waals surface area contributed by atoms with Gasteiger partial charge in [0.1, 0.15) is 0 Å². The van der Waals surface area contributed by atoms with Crippen molar-refractivity contribution in [1.82, 2.24) is 0 Å². The number of carboxylic acid groups (broad SMARTS) is 2. The summed E-state index contributed by atoms with van der Waals surface area (Å²) < 4.78 is 0. The van der Waals surface area contributed by atoms with Crippen LogP contribution in [0.25, 0.3) is 0 Å². The minimum Gasteiger partial charge on any atom is -0.565 e. The van der Waals surface area contributed by atoms with Crippen LogP contribution in [0.2, 0.25) is 0 Å². The van der Waals surface area contributed by atoms with Crippen molar-refractivity contribution in [2.75, 3.05) is 0 Å². The average molecular weight is 144 g/mol. The first-order chi connectivity index (χ1) is 3.46. The summed E-state index contributed by atoms with van der Waals surface area (Å²) in [5.41, 5.74) is 0. The molecule has 0 aromatic rings. The Morgan fingerprint density at radius 1 is 1.56 bits per heavy atom. The van der Waals surface area contributed by atoms with E-state index in [2.05, 4.69) is 0 Å². The van der Waals surface area contributed by atoms with Crippen molar-refractivity contribution in [2.24, 2.45) is 0 Å². The molecule has 0 aromatic heterocycles. The predicted molar refractivity (Wildman–Crippen MR) is 25.4 cm³/mol. The third-order valence-corrected chi connectivity index (χ3v) is 0. The van der Waals surface area contributed by atoms with Gasteiger partial charge in [-0.25, -0.2) is 0 Å². The first kappa shape index (κ1) is 16.1. The topological polar surface area (TPSA) is 80.6 Å². The van der Waals surface area contributed by atoms with Gasteiger partial charge in [-0.2, -0.15) is 0 Å². The molecule has 0 aliphatic carbocycles. The van der Waals surface area contributed by atoms with Gasteiger partial charge in [-0.3, -0.25) is 0 Å². The molecule has 0 aliphatic rings. The molecule has 0 saturated carbocycles. The Bertz CT molecular complexity index is 56.8. The van der Waals surface area contributed by atoms with Crippen LogP contribution in [0.3, 0.4) is 0 Å². The first-order valence-electron chi connectivity index (χ1n) is 2.04. The zero-order chi connectivity index (χ0) is 7.15. The summed E-state index contributed by atoms with van der Waals surface area (Å²) in [6, 6.07) is 0. The fraction of sp³-hybridized carbons (Fsp3) is 0.750. The molecule has 0 atom stereocenters. The second-order valence-electron chi connectivity index (χ2n) is 1.36. The molecule has 4 nitrogen and oxygen atoms in total. The Hall–Kier alpha value is 0.230. The molecule has 0 aliphatic heterocycles. The van der Waals surface area contributed by atoms with Crippen molar-refractivity contribution in [3.63, 3.8) is 0 Å². The van der Waals surface area contributed by atoms with Crippen LogP contribution in [0.15, 0.2) is 0 Å². The van der Waals surface area contributed by atoms with E-state index in [1.54, 1.807) is 13.8 Å². The maximum absolute atomic E-state index is 8.44. The van der Waals surface area contributed by atoms with E-state index in [9.17, 15) is 0 Å². The van der Waals surface area contributed by atoms with Crippen LogP contribution in [-0.4, -0.2) is 22.5 Å². The second-order valence-corrected chi connectivity index (χ2v) is 1.36. The largest absolute Gasteiger partial charge is 1.00 e. The zero-order valence-corrected chi connectivity index (χ0v) is 7.79. The van der Waals surface area contributed by atoms with Crippen LogP contribution in [0.5, 0.6) is 0 Å². The van der Waals surface area contributed by atoms with Gasteiger partial charge in [0.25, 0.3) is 0 Å². The van der Waals surface area contributed by atoms with Crippen molar-refractivity contribution < 1.29 is 49.7 Å². The molecule has 0 saturated heterocycles. The van der Waals surface area contributed by atoms with Crippen LogP contribution in [-0.2, 0) is 0 Å². The minimum atomic E-state index is -2.08. The van der Waals surface area contributed by atoms with Gasteiger partial charge in [0.2, 0.25) is 6.16 Å². The molecule has 0 rings (SSSR count). The van der Waals surface area contributed by atoms with E-state index in [0.29, 0.717) is 0 Å². The molecular formula is C4H9NaO4. The van der Waals surface area contributed by atoms with E-state index in [1.165, 1.54) is 0 Å². The number of hydrogen-bond acceptors (Lipinski definition) is 3. The summed E-state index contributed by atoms with van der Waals surface area (Å²) in [7, 11) is 0. The smallest absolute Gasteiger partial charge is 0.565 e. The number of hydrogen-bond donors (Lipinski definition) is 2. The summed E-state index contributed by atoms with van der Waals surface area (Å²) in [6.45, 7) is 3.44. The van der Waals surface area contributed by atoms with Gasteiger partial charge in [-0.15, -0.1) is 0 Å². The quantitative estimate of drug-likeness (QED) is 0.342. The van der Waals surface area contributed by atoms with E-state index in [0.717, 1.165) is 0 Å². The Morgan fingerprint density at radius 2 is 1.56 bits per heavy atom. The molecule has 2 N–H and O–H groups in total. The van der Waals surface area contributed by atoms with Gasteiger partial charge < -0.3 is 20.1 Å². The van der Waals surface area contributed by atoms with Crippen LogP contribution >= 0.6 is 0 Å². The van der Waals surface area contributed by atoms with E-state index < -0.39 is 6.16 Å². The molecule has 0 unspecified atom stereocenters. The number of aliphatic hydroxyl groups excluding tert-OH is 1. The van der Waals surface area contributed by atoms with Crippen molar-refractivity contribution >= 4 is 6.16 Å². The average Bonchev–Trinajstić information content (AvgIpc) is 1.25. The summed E-state index contributed by atoms with van der Waals surface area (Å²) in [4.78, 5) is 8.44. The molecule has 0 aromatic carbocycles. The fourth-order valence-electron chi connectivity index (χ4n) is 0. The minimum absolute atomic E-state index is 0. The molecular weight excluding hydrogens is 135 g/mol. The predicted octanol–water partition coefficient (Wildman–Crippen LogP) is -3.72. The molecule has 0 radical (unpaired) electrons. The van der Waals surface area contributed by atoms with Crippen molar-refractivity contribution in [3.8, 4) is 0 Å². The van der Waals surface area contributed by atoms with E-state index in [-0.39, 0.29) is 35.7 Å². The zero-order valence-electron chi connectivity index (χ0n) is 5.79. The Labute approximate surface area is 75.8 Å². The standard InChI is InChI=1S/C3H8O.CH2O3.Na/c1-3(2)4;2-1(3)4;/h3-4H,1-2H3;(H2,2,3,4);/q;;+1/p-1. The van der Waals surface area contributed by atoms with Gasteiger partial charge in [0, 0.05) is 6.10 Å². The van der Waals surface area contributed by atoms with Crippen LogP contribution in [0, 0.1) is 0 Å². The molecule has 9 heavy (non-hydrogen) atoms. The third-order valence-electron chi connectivity index (χ3n) is 0. The molecule has 50 valence electrons. The normalized spacial score (nSPS) is 6.67. The number of carbonyl (C=O) groups is 1. The molecule has 0 fully saturated rings. The van der Waals surface area contributed by atoms with Crippen molar-refractivity contribution in [3.05, 3.63) is 0 Å². The molecule has 0 spiro atoms.